The number of aromatic nitrogens is 1. The van der Waals surface area contributed by atoms with Crippen LogP contribution in [-0.2, 0) is 11.3 Å². The van der Waals surface area contributed by atoms with Crippen molar-refractivity contribution in [2.75, 3.05) is 69.9 Å². The second-order valence-electron chi connectivity index (χ2n) is 8.79. The summed E-state index contributed by atoms with van der Waals surface area (Å²) in [5, 5.41) is 16.7. The zero-order valence-corrected chi connectivity index (χ0v) is 20.9. The number of methoxy groups -OCH3 is 1. The van der Waals surface area contributed by atoms with E-state index in [0.717, 1.165) is 63.6 Å². The molecule has 1 atom stereocenters. The van der Waals surface area contributed by atoms with E-state index >= 15 is 0 Å². The van der Waals surface area contributed by atoms with E-state index in [9.17, 15) is 9.90 Å². The zero-order chi connectivity index (χ0) is 24.6. The third-order valence-electron chi connectivity index (χ3n) is 6.53. The molecule has 2 fully saturated rings. The summed E-state index contributed by atoms with van der Waals surface area (Å²) in [5.74, 6) is 1.19. The van der Waals surface area contributed by atoms with E-state index in [1.165, 1.54) is 0 Å². The van der Waals surface area contributed by atoms with Crippen molar-refractivity contribution in [1.82, 2.24) is 15.2 Å². The quantitative estimate of drug-likeness (QED) is 0.454. The first kappa shape index (κ1) is 25.5. The maximum Gasteiger partial charge on any atom is 0.255 e. The maximum absolute atomic E-state index is 13.1. The van der Waals surface area contributed by atoms with Gasteiger partial charge in [0.1, 0.15) is 11.6 Å². The highest BCUT2D eigenvalue weighted by molar-refractivity contribution is 6.32. The van der Waals surface area contributed by atoms with Gasteiger partial charge in [0, 0.05) is 51.5 Å². The first-order valence-electron chi connectivity index (χ1n) is 12.1. The van der Waals surface area contributed by atoms with Crippen molar-refractivity contribution >= 4 is 29.0 Å². The van der Waals surface area contributed by atoms with Crippen LogP contribution in [0.2, 0.25) is 5.02 Å². The summed E-state index contributed by atoms with van der Waals surface area (Å²) in [5.41, 5.74) is 2.13. The Labute approximate surface area is 211 Å². The highest BCUT2D eigenvalue weighted by atomic mass is 35.5. The predicted octanol–water partition coefficient (Wildman–Crippen LogP) is 2.38. The van der Waals surface area contributed by atoms with Crippen molar-refractivity contribution in [3.05, 3.63) is 46.6 Å². The van der Waals surface area contributed by atoms with Crippen molar-refractivity contribution in [1.29, 1.82) is 0 Å². The van der Waals surface area contributed by atoms with E-state index in [1.807, 2.05) is 24.3 Å². The Hall–Kier alpha value is -2.59. The molecule has 1 aromatic heterocycles. The summed E-state index contributed by atoms with van der Waals surface area (Å²) in [4.78, 5) is 22.0. The number of amides is 1. The van der Waals surface area contributed by atoms with Crippen LogP contribution in [0.25, 0.3) is 0 Å². The molecule has 190 valence electrons. The molecule has 3 heterocycles. The molecule has 0 aliphatic carbocycles. The van der Waals surface area contributed by atoms with Gasteiger partial charge in [0.15, 0.2) is 0 Å². The smallest absolute Gasteiger partial charge is 0.255 e. The van der Waals surface area contributed by atoms with Crippen molar-refractivity contribution in [2.24, 2.45) is 0 Å². The fourth-order valence-corrected chi connectivity index (χ4v) is 4.80. The fourth-order valence-electron chi connectivity index (χ4n) is 4.52. The molecule has 0 spiro atoms. The molecule has 0 radical (unpaired) electrons. The molecule has 3 N–H and O–H groups in total. The highest BCUT2D eigenvalue weighted by Gasteiger charge is 2.26. The second kappa shape index (κ2) is 12.4. The van der Waals surface area contributed by atoms with Crippen LogP contribution in [0, 0.1) is 0 Å². The monoisotopic (exact) mass is 503 g/mol. The van der Waals surface area contributed by atoms with E-state index < -0.39 is 0 Å². The Balaban J connectivity index is 1.49. The van der Waals surface area contributed by atoms with Crippen molar-refractivity contribution in [3.63, 3.8) is 0 Å². The third kappa shape index (κ3) is 6.55. The lowest BCUT2D eigenvalue weighted by Gasteiger charge is -2.26. The number of hydrogen-bond donors (Lipinski definition) is 3. The van der Waals surface area contributed by atoms with Crippen LogP contribution in [0.5, 0.6) is 5.75 Å². The number of aliphatic hydroxyl groups excluding tert-OH is 1. The van der Waals surface area contributed by atoms with E-state index in [1.54, 1.807) is 13.3 Å². The van der Waals surface area contributed by atoms with Gasteiger partial charge in [-0.05, 0) is 30.5 Å². The number of nitrogens with one attached hydrogen (secondary N) is 2. The Bertz CT molecular complexity index is 1000. The Morgan fingerprint density at radius 2 is 2.11 bits per heavy atom. The molecule has 2 aliphatic rings. The van der Waals surface area contributed by atoms with Crippen LogP contribution >= 0.6 is 11.6 Å². The minimum absolute atomic E-state index is 0.0453. The number of hydrogen-bond acceptors (Lipinski definition) is 8. The minimum Gasteiger partial charge on any atom is -0.495 e. The van der Waals surface area contributed by atoms with Crippen molar-refractivity contribution < 1.29 is 19.4 Å². The van der Waals surface area contributed by atoms with Crippen LogP contribution in [0.3, 0.4) is 0 Å². The van der Waals surface area contributed by atoms with Gasteiger partial charge in [-0.15, -0.1) is 0 Å². The number of morpholine rings is 1. The van der Waals surface area contributed by atoms with Crippen LogP contribution < -0.4 is 20.3 Å². The SMILES string of the molecule is COc1ccc(CNc2cc(N3CCC[C@H]3CO)ncc2C(=O)NCCN2CCOCC2)cc1Cl. The molecule has 0 bridgehead atoms. The first-order valence-corrected chi connectivity index (χ1v) is 12.5. The van der Waals surface area contributed by atoms with E-state index in [0.29, 0.717) is 35.1 Å². The number of anilines is 2. The average Bonchev–Trinajstić information content (AvgIpc) is 3.37. The molecule has 1 amide bonds. The number of carbonyl (C=O) groups excluding carboxylic acids is 1. The summed E-state index contributed by atoms with van der Waals surface area (Å²) in [6.45, 7) is 5.94. The van der Waals surface area contributed by atoms with Gasteiger partial charge < -0.3 is 30.1 Å². The molecule has 35 heavy (non-hydrogen) atoms. The fraction of sp³-hybridized carbons (Fsp3) is 0.520. The molecule has 2 aromatic rings. The lowest BCUT2D eigenvalue weighted by atomic mass is 10.1. The van der Waals surface area contributed by atoms with E-state index in [-0.39, 0.29) is 18.6 Å². The topological polar surface area (TPSA) is 99.2 Å². The molecule has 2 saturated heterocycles. The summed E-state index contributed by atoms with van der Waals surface area (Å²) < 4.78 is 10.6. The van der Waals surface area contributed by atoms with Crippen molar-refractivity contribution in [2.45, 2.75) is 25.4 Å². The summed E-state index contributed by atoms with van der Waals surface area (Å²) in [6, 6.07) is 7.55. The third-order valence-corrected chi connectivity index (χ3v) is 6.83. The molecule has 0 unspecified atom stereocenters. The van der Waals surface area contributed by atoms with Gasteiger partial charge in [-0.3, -0.25) is 9.69 Å². The number of pyridine rings is 1. The maximum atomic E-state index is 13.1. The molecule has 0 saturated carbocycles. The van der Waals surface area contributed by atoms with Crippen LogP contribution in [0.1, 0.15) is 28.8 Å². The number of carbonyl (C=O) groups is 1. The zero-order valence-electron chi connectivity index (χ0n) is 20.1. The van der Waals surface area contributed by atoms with E-state index in [2.05, 4.69) is 25.4 Å². The standard InChI is InChI=1S/C25H34ClN5O4/c1-34-23-5-4-18(13-21(23)26)15-28-22-14-24(31-7-2-3-19(31)17-32)29-16-20(22)25(33)27-6-8-30-9-11-35-12-10-30/h4-5,13-14,16,19,32H,2-3,6-12,15,17H2,1H3,(H,27,33)(H,28,29)/t19-/m0/s1. The summed E-state index contributed by atoms with van der Waals surface area (Å²) in [7, 11) is 1.58. The normalized spacial score (nSPS) is 18.5. The number of halogens is 1. The van der Waals surface area contributed by atoms with Gasteiger partial charge >= 0.3 is 0 Å². The Kier molecular flexibility index (Phi) is 9.03. The van der Waals surface area contributed by atoms with Crippen LogP contribution in [-0.4, -0.2) is 86.6 Å². The number of aliphatic hydroxyl groups is 1. The largest absolute Gasteiger partial charge is 0.495 e. The first-order chi connectivity index (χ1) is 17.1. The molecule has 10 heteroatoms. The van der Waals surface area contributed by atoms with Gasteiger partial charge in [0.2, 0.25) is 0 Å². The lowest BCUT2D eigenvalue weighted by molar-refractivity contribution is 0.0383. The minimum atomic E-state index is -0.173. The highest BCUT2D eigenvalue weighted by Crippen LogP contribution is 2.29. The van der Waals surface area contributed by atoms with Gasteiger partial charge in [-0.25, -0.2) is 4.98 Å². The average molecular weight is 504 g/mol. The molecule has 4 rings (SSSR count). The van der Waals surface area contributed by atoms with Crippen LogP contribution in [0.15, 0.2) is 30.5 Å². The molecule has 9 nitrogen and oxygen atoms in total. The summed E-state index contributed by atoms with van der Waals surface area (Å²) >= 11 is 6.29. The van der Waals surface area contributed by atoms with Gasteiger partial charge in [-0.2, -0.15) is 0 Å². The van der Waals surface area contributed by atoms with Gasteiger partial charge in [0.25, 0.3) is 5.91 Å². The molecule has 1 aromatic carbocycles. The van der Waals surface area contributed by atoms with E-state index in [4.69, 9.17) is 21.1 Å². The molecule has 2 aliphatic heterocycles. The van der Waals surface area contributed by atoms with Gasteiger partial charge in [-0.1, -0.05) is 17.7 Å². The molecular formula is C25H34ClN5O4. The summed E-state index contributed by atoms with van der Waals surface area (Å²) in [6.07, 6.45) is 3.55. The van der Waals surface area contributed by atoms with Crippen LogP contribution in [0.4, 0.5) is 11.5 Å². The number of benzene rings is 1. The molecular weight excluding hydrogens is 470 g/mol. The number of nitrogens with zero attached hydrogens (tertiary/aromatic N) is 3. The number of rotatable bonds is 10. The van der Waals surface area contributed by atoms with Gasteiger partial charge in [0.05, 0.1) is 49.2 Å². The lowest BCUT2D eigenvalue weighted by Crippen LogP contribution is -2.41. The van der Waals surface area contributed by atoms with Crippen molar-refractivity contribution in [3.8, 4) is 5.75 Å². The predicted molar refractivity (Wildman–Crippen MR) is 137 cm³/mol. The Morgan fingerprint density at radius 1 is 1.29 bits per heavy atom. The number of ether oxygens (including phenoxy) is 2. The second-order valence-corrected chi connectivity index (χ2v) is 9.20. The Morgan fingerprint density at radius 3 is 2.86 bits per heavy atom.